The van der Waals surface area contributed by atoms with Gasteiger partial charge < -0.3 is 10.6 Å². The Balaban J connectivity index is 1.85. The average Bonchev–Trinajstić information content (AvgIpc) is 2.85. The van der Waals surface area contributed by atoms with Crippen molar-refractivity contribution in [3.63, 3.8) is 0 Å². The monoisotopic (exact) mass is 497 g/mol. The van der Waals surface area contributed by atoms with E-state index in [1.54, 1.807) is 38.1 Å². The predicted molar refractivity (Wildman–Crippen MR) is 133 cm³/mol. The summed E-state index contributed by atoms with van der Waals surface area (Å²) in [6.45, 7) is 5.48. The lowest BCUT2D eigenvalue weighted by molar-refractivity contribution is 0.0940. The van der Waals surface area contributed by atoms with Crippen LogP contribution in [0.5, 0.6) is 0 Å². The zero-order valence-electron chi connectivity index (χ0n) is 19.8. The Hall–Kier alpha value is -3.56. The van der Waals surface area contributed by atoms with Gasteiger partial charge in [-0.15, -0.1) is 0 Å². The Morgan fingerprint density at radius 2 is 1.54 bits per heavy atom. The third-order valence-corrected chi connectivity index (χ3v) is 7.65. The zero-order chi connectivity index (χ0) is 25.6. The van der Waals surface area contributed by atoms with Gasteiger partial charge in [0.1, 0.15) is 10.7 Å². The minimum absolute atomic E-state index is 0.0509. The molecule has 0 fully saturated rings. The lowest BCUT2D eigenvalue weighted by Gasteiger charge is -2.19. The maximum Gasteiger partial charge on any atom is 0.255 e. The number of anilines is 1. The highest BCUT2D eigenvalue weighted by atomic mass is 32.2. The Morgan fingerprint density at radius 3 is 2.20 bits per heavy atom. The molecule has 3 aromatic rings. The molecule has 3 aromatic carbocycles. The lowest BCUT2D eigenvalue weighted by atomic mass is 10.1. The van der Waals surface area contributed by atoms with Crippen LogP contribution in [0.2, 0.25) is 0 Å². The lowest BCUT2D eigenvalue weighted by Crippen LogP contribution is -2.31. The molecule has 184 valence electrons. The Bertz CT molecular complexity index is 1310. The van der Waals surface area contributed by atoms with Gasteiger partial charge in [-0.1, -0.05) is 56.3 Å². The van der Waals surface area contributed by atoms with E-state index in [1.807, 2.05) is 37.3 Å². The van der Waals surface area contributed by atoms with Crippen molar-refractivity contribution in [1.82, 2.24) is 9.62 Å². The molecule has 2 N–H and O–H groups in total. The second-order valence-electron chi connectivity index (χ2n) is 7.84. The van der Waals surface area contributed by atoms with Crippen LogP contribution in [-0.2, 0) is 10.0 Å². The van der Waals surface area contributed by atoms with Crippen LogP contribution in [-0.4, -0.2) is 37.6 Å². The van der Waals surface area contributed by atoms with E-state index >= 15 is 0 Å². The maximum absolute atomic E-state index is 14.4. The third kappa shape index (κ3) is 5.93. The molecule has 0 aliphatic heterocycles. The summed E-state index contributed by atoms with van der Waals surface area (Å²) < 4.78 is 41.2. The van der Waals surface area contributed by atoms with Gasteiger partial charge in [0.25, 0.3) is 11.8 Å². The van der Waals surface area contributed by atoms with Crippen molar-refractivity contribution in [3.8, 4) is 0 Å². The third-order valence-electron chi connectivity index (χ3n) is 5.58. The van der Waals surface area contributed by atoms with Crippen LogP contribution in [0.25, 0.3) is 0 Å². The van der Waals surface area contributed by atoms with E-state index in [0.717, 1.165) is 22.0 Å². The number of nitrogens with one attached hydrogen (secondary N) is 2. The molecule has 1 atom stereocenters. The van der Waals surface area contributed by atoms with Gasteiger partial charge >= 0.3 is 0 Å². The Morgan fingerprint density at radius 1 is 0.914 bits per heavy atom. The van der Waals surface area contributed by atoms with Gasteiger partial charge in [-0.3, -0.25) is 9.59 Å². The van der Waals surface area contributed by atoms with Crippen LogP contribution < -0.4 is 10.6 Å². The molecule has 0 radical (unpaired) electrons. The summed E-state index contributed by atoms with van der Waals surface area (Å²) in [6, 6.07) is 18.8. The first-order chi connectivity index (χ1) is 16.7. The van der Waals surface area contributed by atoms with Gasteiger partial charge in [0, 0.05) is 18.7 Å². The van der Waals surface area contributed by atoms with Crippen molar-refractivity contribution in [1.29, 1.82) is 0 Å². The van der Waals surface area contributed by atoms with Crippen LogP contribution in [0.3, 0.4) is 0 Å². The van der Waals surface area contributed by atoms with E-state index in [1.165, 1.54) is 6.07 Å². The van der Waals surface area contributed by atoms with Gasteiger partial charge in [-0.25, -0.2) is 12.8 Å². The number of hydrogen-bond acceptors (Lipinski definition) is 4. The molecule has 7 nitrogen and oxygen atoms in total. The SMILES string of the molecule is CCN(CC)S(=O)(=O)c1cc(C(=O)Nc2ccccc2C(=O)N[C@@H](C)c2ccccc2)ccc1F. The summed E-state index contributed by atoms with van der Waals surface area (Å²) in [7, 11) is -4.11. The molecule has 0 unspecified atom stereocenters. The first kappa shape index (κ1) is 26.1. The molecule has 9 heteroatoms. The van der Waals surface area contributed by atoms with Gasteiger partial charge in [0.05, 0.1) is 17.3 Å². The molecule has 35 heavy (non-hydrogen) atoms. The first-order valence-electron chi connectivity index (χ1n) is 11.2. The standard InChI is InChI=1S/C26H28FN3O4S/c1-4-30(5-2)35(33,34)24-17-20(15-16-22(24)27)25(31)29-23-14-10-9-13-21(23)26(32)28-18(3)19-11-7-6-8-12-19/h6-18H,4-5H2,1-3H3,(H,28,32)(H,29,31)/t18-/m0/s1. The van der Waals surface area contributed by atoms with E-state index in [9.17, 15) is 22.4 Å². The molecule has 3 rings (SSSR count). The van der Waals surface area contributed by atoms with Crippen LogP contribution >= 0.6 is 0 Å². The van der Waals surface area contributed by atoms with Crippen LogP contribution in [0.4, 0.5) is 10.1 Å². The number of carbonyl (C=O) groups excluding carboxylic acids is 2. The smallest absolute Gasteiger partial charge is 0.255 e. The van der Waals surface area contributed by atoms with E-state index < -0.39 is 26.6 Å². The largest absolute Gasteiger partial charge is 0.345 e. The van der Waals surface area contributed by atoms with Gasteiger partial charge in [-0.2, -0.15) is 4.31 Å². The summed E-state index contributed by atoms with van der Waals surface area (Å²) in [4.78, 5) is 25.3. The molecule has 0 spiro atoms. The van der Waals surface area contributed by atoms with E-state index in [-0.39, 0.29) is 41.9 Å². The number of amides is 2. The second-order valence-corrected chi connectivity index (χ2v) is 9.75. The highest BCUT2D eigenvalue weighted by Gasteiger charge is 2.26. The minimum Gasteiger partial charge on any atom is -0.345 e. The summed E-state index contributed by atoms with van der Waals surface area (Å²) in [6.07, 6.45) is 0. The van der Waals surface area contributed by atoms with Crippen LogP contribution in [0.1, 0.15) is 53.1 Å². The van der Waals surface area contributed by atoms with Crippen molar-refractivity contribution in [2.75, 3.05) is 18.4 Å². The van der Waals surface area contributed by atoms with Crippen molar-refractivity contribution in [2.24, 2.45) is 0 Å². The number of para-hydroxylation sites is 1. The quantitative estimate of drug-likeness (QED) is 0.452. The van der Waals surface area contributed by atoms with Crippen molar-refractivity contribution in [2.45, 2.75) is 31.7 Å². The number of nitrogens with zero attached hydrogens (tertiary/aromatic N) is 1. The fraction of sp³-hybridized carbons (Fsp3) is 0.231. The summed E-state index contributed by atoms with van der Waals surface area (Å²) in [5, 5.41) is 5.55. The fourth-order valence-electron chi connectivity index (χ4n) is 3.63. The van der Waals surface area contributed by atoms with Crippen molar-refractivity contribution < 1.29 is 22.4 Å². The summed E-state index contributed by atoms with van der Waals surface area (Å²) >= 11 is 0. The van der Waals surface area contributed by atoms with Crippen molar-refractivity contribution >= 4 is 27.5 Å². The molecular weight excluding hydrogens is 469 g/mol. The van der Waals surface area contributed by atoms with Crippen molar-refractivity contribution in [3.05, 3.63) is 95.3 Å². The van der Waals surface area contributed by atoms with Gasteiger partial charge in [0.15, 0.2) is 0 Å². The molecule has 0 heterocycles. The van der Waals surface area contributed by atoms with E-state index in [0.29, 0.717) is 0 Å². The normalized spacial score (nSPS) is 12.3. The molecule has 0 saturated carbocycles. The van der Waals surface area contributed by atoms with Crippen LogP contribution in [0, 0.1) is 5.82 Å². The van der Waals surface area contributed by atoms with E-state index in [2.05, 4.69) is 10.6 Å². The molecule has 0 aromatic heterocycles. The number of carbonyl (C=O) groups is 2. The highest BCUT2D eigenvalue weighted by molar-refractivity contribution is 7.89. The van der Waals surface area contributed by atoms with Crippen LogP contribution in [0.15, 0.2) is 77.7 Å². The number of halogens is 1. The Kier molecular flexibility index (Phi) is 8.37. The fourth-order valence-corrected chi connectivity index (χ4v) is 5.18. The number of hydrogen-bond donors (Lipinski definition) is 2. The minimum atomic E-state index is -4.11. The van der Waals surface area contributed by atoms with Gasteiger partial charge in [-0.05, 0) is 42.8 Å². The number of rotatable bonds is 9. The summed E-state index contributed by atoms with van der Waals surface area (Å²) in [5.74, 6) is -2.00. The molecular formula is C26H28FN3O4S. The van der Waals surface area contributed by atoms with Gasteiger partial charge in [0.2, 0.25) is 10.0 Å². The number of benzene rings is 3. The second kappa shape index (κ2) is 11.2. The topological polar surface area (TPSA) is 95.6 Å². The highest BCUT2D eigenvalue weighted by Crippen LogP contribution is 2.23. The molecule has 0 bridgehead atoms. The number of sulfonamides is 1. The Labute approximate surface area is 205 Å². The zero-order valence-corrected chi connectivity index (χ0v) is 20.6. The first-order valence-corrected chi connectivity index (χ1v) is 12.7. The summed E-state index contributed by atoms with van der Waals surface area (Å²) in [5.41, 5.74) is 1.36. The molecule has 0 aliphatic carbocycles. The molecule has 0 aliphatic rings. The molecule has 0 saturated heterocycles. The molecule has 2 amide bonds. The maximum atomic E-state index is 14.4. The van der Waals surface area contributed by atoms with E-state index in [4.69, 9.17) is 0 Å². The predicted octanol–water partition coefficient (Wildman–Crippen LogP) is 4.60. The average molecular weight is 498 g/mol.